The van der Waals surface area contributed by atoms with Crippen LogP contribution >= 0.6 is 0 Å². The molecule has 0 spiro atoms. The van der Waals surface area contributed by atoms with Gasteiger partial charge < -0.3 is 9.90 Å². The fourth-order valence-corrected chi connectivity index (χ4v) is 3.24. The van der Waals surface area contributed by atoms with E-state index >= 15 is 0 Å². The summed E-state index contributed by atoms with van der Waals surface area (Å²) >= 11 is 0. The first-order chi connectivity index (χ1) is 11.8. The van der Waals surface area contributed by atoms with Gasteiger partial charge in [-0.3, -0.25) is 9.67 Å². The number of carbonyl (C=O) groups is 1. The zero-order chi connectivity index (χ0) is 18.2. The van der Waals surface area contributed by atoms with Crippen molar-refractivity contribution in [2.45, 2.75) is 4.90 Å². The summed E-state index contributed by atoms with van der Waals surface area (Å²) in [6.45, 7) is 0. The Labute approximate surface area is 144 Å². The molecule has 0 saturated heterocycles. The summed E-state index contributed by atoms with van der Waals surface area (Å²) in [5.41, 5.74) is 1.97. The Morgan fingerprint density at radius 2 is 1.64 bits per heavy atom. The smallest absolute Gasteiger partial charge is 0.175 e. The topological polar surface area (TPSA) is 105 Å². The lowest BCUT2D eigenvalue weighted by molar-refractivity contribution is -0.255. The minimum Gasteiger partial charge on any atom is -0.543 e. The molecule has 2 aromatic heterocycles. The third-order valence-electron chi connectivity index (χ3n) is 3.77. The van der Waals surface area contributed by atoms with Crippen LogP contribution in [0.4, 0.5) is 0 Å². The minimum atomic E-state index is -3.34. The van der Waals surface area contributed by atoms with Crippen LogP contribution in [0, 0.1) is 0 Å². The van der Waals surface area contributed by atoms with E-state index in [1.54, 1.807) is 36.7 Å². The molecule has 128 valence electrons. The molecule has 8 heteroatoms. The van der Waals surface area contributed by atoms with Crippen molar-refractivity contribution in [1.29, 1.82) is 0 Å². The Hall–Kier alpha value is -3.00. The maximum absolute atomic E-state index is 11.6. The van der Waals surface area contributed by atoms with Crippen LogP contribution in [-0.2, 0) is 16.9 Å². The number of aromatic carboxylic acids is 1. The van der Waals surface area contributed by atoms with Crippen molar-refractivity contribution < 1.29 is 18.3 Å². The number of aromatic nitrogens is 3. The van der Waals surface area contributed by atoms with E-state index in [1.165, 1.54) is 23.9 Å². The number of benzene rings is 1. The largest absolute Gasteiger partial charge is 0.543 e. The number of rotatable bonds is 4. The predicted octanol–water partition coefficient (Wildman–Crippen LogP) is 0.916. The molecule has 0 unspecified atom stereocenters. The van der Waals surface area contributed by atoms with E-state index < -0.39 is 15.8 Å². The van der Waals surface area contributed by atoms with E-state index in [0.29, 0.717) is 22.4 Å². The normalized spacial score (nSPS) is 11.4. The fraction of sp³-hybridized carbons (Fsp3) is 0.118. The standard InChI is InChI=1S/C17H15N3O4S/c1-20-16(17(21)22)14(15(19-20)12-7-9-18-10-8-12)11-3-5-13(6-4-11)25(2,23)24/h3-10H,1-2H3,(H,21,22)/p-1. The van der Waals surface area contributed by atoms with Gasteiger partial charge in [-0.15, -0.1) is 0 Å². The average Bonchev–Trinajstić information content (AvgIpc) is 2.92. The van der Waals surface area contributed by atoms with Gasteiger partial charge >= 0.3 is 0 Å². The summed E-state index contributed by atoms with van der Waals surface area (Å²) in [4.78, 5) is 15.7. The number of pyridine rings is 1. The molecule has 2 heterocycles. The first-order valence-electron chi connectivity index (χ1n) is 7.28. The number of aryl methyl sites for hydroxylation is 1. The van der Waals surface area contributed by atoms with Gasteiger partial charge in [0.1, 0.15) is 5.69 Å². The highest BCUT2D eigenvalue weighted by Gasteiger charge is 2.20. The Morgan fingerprint density at radius 1 is 1.04 bits per heavy atom. The molecule has 0 saturated carbocycles. The zero-order valence-corrected chi connectivity index (χ0v) is 14.3. The summed E-state index contributed by atoms with van der Waals surface area (Å²) in [6.07, 6.45) is 4.28. The monoisotopic (exact) mass is 356 g/mol. The van der Waals surface area contributed by atoms with Crippen LogP contribution in [0.2, 0.25) is 0 Å². The Balaban J connectivity index is 2.25. The summed E-state index contributed by atoms with van der Waals surface area (Å²) < 4.78 is 24.5. The maximum atomic E-state index is 11.6. The van der Waals surface area contributed by atoms with Gasteiger partial charge in [-0.1, -0.05) is 12.1 Å². The average molecular weight is 356 g/mol. The van der Waals surface area contributed by atoms with Crippen LogP contribution < -0.4 is 5.11 Å². The molecular weight excluding hydrogens is 342 g/mol. The lowest BCUT2D eigenvalue weighted by Crippen LogP contribution is -2.25. The lowest BCUT2D eigenvalue weighted by atomic mass is 9.99. The van der Waals surface area contributed by atoms with Crippen LogP contribution in [-0.4, -0.2) is 35.4 Å². The summed E-state index contributed by atoms with van der Waals surface area (Å²) in [6, 6.07) is 9.43. The van der Waals surface area contributed by atoms with Gasteiger partial charge in [0.25, 0.3) is 0 Å². The first kappa shape index (κ1) is 16.8. The molecule has 3 rings (SSSR count). The van der Waals surface area contributed by atoms with E-state index in [0.717, 1.165) is 6.26 Å². The second-order valence-electron chi connectivity index (χ2n) is 5.52. The van der Waals surface area contributed by atoms with E-state index in [1.807, 2.05) is 0 Å². The highest BCUT2D eigenvalue weighted by Crippen LogP contribution is 2.34. The molecule has 0 aliphatic carbocycles. The SMILES string of the molecule is Cn1nc(-c2ccncc2)c(-c2ccc(S(C)(=O)=O)cc2)c1C(=O)[O-]. The van der Waals surface area contributed by atoms with Gasteiger partial charge in [-0.05, 0) is 29.8 Å². The van der Waals surface area contributed by atoms with Crippen molar-refractivity contribution in [2.75, 3.05) is 6.26 Å². The highest BCUT2D eigenvalue weighted by molar-refractivity contribution is 7.90. The van der Waals surface area contributed by atoms with E-state index in [-0.39, 0.29) is 10.6 Å². The molecule has 25 heavy (non-hydrogen) atoms. The van der Waals surface area contributed by atoms with Gasteiger partial charge in [0.2, 0.25) is 0 Å². The molecule has 0 N–H and O–H groups in total. The number of carbonyl (C=O) groups excluding carboxylic acids is 1. The quantitative estimate of drug-likeness (QED) is 0.688. The molecule has 1 aromatic carbocycles. The first-order valence-corrected chi connectivity index (χ1v) is 9.17. The summed E-state index contributed by atoms with van der Waals surface area (Å²) in [5.74, 6) is -1.36. The molecule has 7 nitrogen and oxygen atoms in total. The molecule has 0 bridgehead atoms. The predicted molar refractivity (Wildman–Crippen MR) is 89.3 cm³/mol. The van der Waals surface area contributed by atoms with Crippen molar-refractivity contribution >= 4 is 15.8 Å². The minimum absolute atomic E-state index is 0.0843. The molecule has 0 atom stereocenters. The van der Waals surface area contributed by atoms with Crippen LogP contribution in [0.25, 0.3) is 22.4 Å². The number of carboxylic acids is 1. The molecule has 0 amide bonds. The number of carboxylic acid groups (broad SMARTS) is 1. The second-order valence-corrected chi connectivity index (χ2v) is 7.53. The Bertz CT molecular complexity index is 1040. The second kappa shape index (κ2) is 6.14. The van der Waals surface area contributed by atoms with Crippen molar-refractivity contribution in [3.8, 4) is 22.4 Å². The molecule has 0 aliphatic heterocycles. The van der Waals surface area contributed by atoms with Gasteiger partial charge in [0, 0.05) is 36.8 Å². The van der Waals surface area contributed by atoms with Crippen LogP contribution in [0.1, 0.15) is 10.5 Å². The number of hydrogen-bond donors (Lipinski definition) is 0. The van der Waals surface area contributed by atoms with Crippen molar-refractivity contribution in [3.05, 3.63) is 54.5 Å². The number of hydrogen-bond acceptors (Lipinski definition) is 6. The highest BCUT2D eigenvalue weighted by atomic mass is 32.2. The zero-order valence-electron chi connectivity index (χ0n) is 13.5. The van der Waals surface area contributed by atoms with Crippen molar-refractivity contribution in [1.82, 2.24) is 14.8 Å². The van der Waals surface area contributed by atoms with Crippen LogP contribution in [0.3, 0.4) is 0 Å². The fourth-order valence-electron chi connectivity index (χ4n) is 2.61. The molecular formula is C17H14N3O4S-. The Kier molecular flexibility index (Phi) is 4.13. The number of nitrogens with zero attached hydrogens (tertiary/aromatic N) is 3. The van der Waals surface area contributed by atoms with Gasteiger partial charge in [0.15, 0.2) is 9.84 Å². The number of sulfone groups is 1. The lowest BCUT2D eigenvalue weighted by Gasteiger charge is -2.09. The van der Waals surface area contributed by atoms with E-state index in [4.69, 9.17) is 0 Å². The summed E-state index contributed by atoms with van der Waals surface area (Å²) in [7, 11) is -1.83. The van der Waals surface area contributed by atoms with E-state index in [9.17, 15) is 18.3 Å². The molecule has 0 fully saturated rings. The van der Waals surface area contributed by atoms with Crippen LogP contribution in [0.15, 0.2) is 53.7 Å². The maximum Gasteiger partial charge on any atom is 0.175 e. The third-order valence-corrected chi connectivity index (χ3v) is 4.89. The third kappa shape index (κ3) is 3.16. The summed E-state index contributed by atoms with van der Waals surface area (Å²) in [5, 5.41) is 15.9. The van der Waals surface area contributed by atoms with E-state index in [2.05, 4.69) is 10.1 Å². The molecule has 0 radical (unpaired) electrons. The van der Waals surface area contributed by atoms with Crippen LogP contribution in [0.5, 0.6) is 0 Å². The van der Waals surface area contributed by atoms with Crippen molar-refractivity contribution in [2.24, 2.45) is 7.05 Å². The molecule has 3 aromatic rings. The van der Waals surface area contributed by atoms with Crippen molar-refractivity contribution in [3.63, 3.8) is 0 Å². The van der Waals surface area contributed by atoms with Gasteiger partial charge in [-0.25, -0.2) is 8.42 Å². The van der Waals surface area contributed by atoms with Gasteiger partial charge in [-0.2, -0.15) is 5.10 Å². The Morgan fingerprint density at radius 3 is 2.16 bits per heavy atom. The molecule has 0 aliphatic rings. The van der Waals surface area contributed by atoms with Gasteiger partial charge in [0.05, 0.1) is 16.6 Å².